The van der Waals surface area contributed by atoms with Crippen molar-refractivity contribution in [3.8, 4) is 0 Å². The molecule has 0 aliphatic rings. The lowest BCUT2D eigenvalue weighted by Crippen LogP contribution is -1.94. The number of carboxylic acid groups (broad SMARTS) is 1. The number of hydrogen-bond donors (Lipinski definition) is 1. The molecule has 0 unspecified atom stereocenters. The summed E-state index contributed by atoms with van der Waals surface area (Å²) in [7, 11) is 0. The number of hydrogen-bond acceptors (Lipinski definition) is 5. The normalized spacial score (nSPS) is 10.7. The Kier molecular flexibility index (Phi) is 3.18. The van der Waals surface area contributed by atoms with Crippen molar-refractivity contribution < 1.29 is 9.90 Å². The van der Waals surface area contributed by atoms with Gasteiger partial charge in [-0.1, -0.05) is 11.8 Å². The Labute approximate surface area is 117 Å². The number of rotatable bonds is 3. The maximum absolute atomic E-state index is 10.8. The molecule has 0 fully saturated rings. The maximum atomic E-state index is 10.8. The average molecular weight is 288 g/mol. The second-order valence-corrected chi connectivity index (χ2v) is 5.71. The zero-order chi connectivity index (χ0) is 13.2. The average Bonchev–Trinajstić information content (AvgIpc) is 2.89. The fraction of sp³-hybridized carbons (Fsp3) is 0. The number of carbonyl (C=O) groups is 1. The minimum Gasteiger partial charge on any atom is -0.478 e. The first-order valence-corrected chi connectivity index (χ1v) is 7.13. The summed E-state index contributed by atoms with van der Waals surface area (Å²) < 4.78 is 0. The molecule has 94 valence electrons. The quantitative estimate of drug-likeness (QED) is 0.747. The number of aromatic carboxylic acids is 1. The molecule has 1 N–H and O–H groups in total. The molecule has 0 amide bonds. The van der Waals surface area contributed by atoms with Crippen molar-refractivity contribution in [2.24, 2.45) is 0 Å². The standard InChI is InChI=1S/C13H8N2O2S2/c16-13(17)8-1-3-9(4-2-8)19-12-10-5-6-18-11(10)14-7-15-12/h1-7H,(H,16,17). The Morgan fingerprint density at radius 1 is 1.16 bits per heavy atom. The van der Waals surface area contributed by atoms with Gasteiger partial charge in [0, 0.05) is 10.3 Å². The molecule has 2 heterocycles. The molecule has 0 bridgehead atoms. The summed E-state index contributed by atoms with van der Waals surface area (Å²) in [6, 6.07) is 8.75. The SMILES string of the molecule is O=C(O)c1ccc(Sc2ncnc3sccc23)cc1. The third kappa shape index (κ3) is 2.45. The van der Waals surface area contributed by atoms with Crippen LogP contribution in [0.15, 0.2) is 52.0 Å². The number of benzene rings is 1. The first-order valence-electron chi connectivity index (χ1n) is 5.43. The molecule has 0 aliphatic heterocycles. The van der Waals surface area contributed by atoms with Crippen LogP contribution in [0.4, 0.5) is 0 Å². The number of aromatic nitrogens is 2. The van der Waals surface area contributed by atoms with Crippen LogP contribution >= 0.6 is 23.1 Å². The van der Waals surface area contributed by atoms with Crippen LogP contribution in [0.3, 0.4) is 0 Å². The highest BCUT2D eigenvalue weighted by Gasteiger charge is 2.07. The Morgan fingerprint density at radius 3 is 2.68 bits per heavy atom. The molecular weight excluding hydrogens is 280 g/mol. The van der Waals surface area contributed by atoms with Gasteiger partial charge >= 0.3 is 5.97 Å². The lowest BCUT2D eigenvalue weighted by Gasteiger charge is -2.02. The fourth-order valence-corrected chi connectivity index (χ4v) is 3.29. The van der Waals surface area contributed by atoms with Crippen LogP contribution < -0.4 is 0 Å². The van der Waals surface area contributed by atoms with E-state index >= 15 is 0 Å². The molecule has 0 atom stereocenters. The molecule has 3 rings (SSSR count). The first-order chi connectivity index (χ1) is 9.24. The van der Waals surface area contributed by atoms with Gasteiger partial charge in [0.1, 0.15) is 16.2 Å². The van der Waals surface area contributed by atoms with Crippen molar-refractivity contribution in [1.29, 1.82) is 0 Å². The van der Waals surface area contributed by atoms with Crippen molar-refractivity contribution in [3.05, 3.63) is 47.6 Å². The van der Waals surface area contributed by atoms with Crippen LogP contribution in [0.1, 0.15) is 10.4 Å². The lowest BCUT2D eigenvalue weighted by molar-refractivity contribution is 0.0697. The zero-order valence-electron chi connectivity index (χ0n) is 9.61. The summed E-state index contributed by atoms with van der Waals surface area (Å²) in [5.74, 6) is -0.918. The van der Waals surface area contributed by atoms with E-state index < -0.39 is 5.97 Å². The van der Waals surface area contributed by atoms with Crippen molar-refractivity contribution in [1.82, 2.24) is 9.97 Å². The van der Waals surface area contributed by atoms with E-state index in [2.05, 4.69) is 9.97 Å². The molecule has 0 saturated carbocycles. The summed E-state index contributed by atoms with van der Waals surface area (Å²) in [4.78, 5) is 21.2. The van der Waals surface area contributed by atoms with Gasteiger partial charge in [-0.25, -0.2) is 14.8 Å². The number of carboxylic acids is 1. The summed E-state index contributed by atoms with van der Waals surface area (Å²) >= 11 is 3.08. The zero-order valence-corrected chi connectivity index (χ0v) is 11.2. The molecule has 3 aromatic rings. The topological polar surface area (TPSA) is 63.1 Å². The highest BCUT2D eigenvalue weighted by atomic mass is 32.2. The molecular formula is C13H8N2O2S2. The van der Waals surface area contributed by atoms with Gasteiger partial charge in [0.2, 0.25) is 0 Å². The largest absolute Gasteiger partial charge is 0.478 e. The Bertz CT molecular complexity index is 738. The number of fused-ring (bicyclic) bond motifs is 1. The van der Waals surface area contributed by atoms with Crippen molar-refractivity contribution in [2.45, 2.75) is 9.92 Å². The Hall–Kier alpha value is -1.92. The van der Waals surface area contributed by atoms with Crippen LogP contribution in [0.25, 0.3) is 10.2 Å². The number of thiophene rings is 1. The van der Waals surface area contributed by atoms with Gasteiger partial charge in [-0.3, -0.25) is 0 Å². The summed E-state index contributed by atoms with van der Waals surface area (Å²) in [6.07, 6.45) is 1.55. The van der Waals surface area contributed by atoms with Crippen molar-refractivity contribution in [2.75, 3.05) is 0 Å². The molecule has 1 aromatic carbocycles. The predicted octanol–water partition coefficient (Wildman–Crippen LogP) is 3.54. The van der Waals surface area contributed by atoms with Crippen molar-refractivity contribution in [3.63, 3.8) is 0 Å². The van der Waals surface area contributed by atoms with E-state index in [-0.39, 0.29) is 5.56 Å². The van der Waals surface area contributed by atoms with Gasteiger partial charge < -0.3 is 5.11 Å². The third-order valence-corrected chi connectivity index (χ3v) is 4.39. The third-order valence-electron chi connectivity index (χ3n) is 2.54. The van der Waals surface area contributed by atoms with Gasteiger partial charge in [-0.05, 0) is 35.7 Å². The van der Waals surface area contributed by atoms with Crippen LogP contribution in [-0.4, -0.2) is 21.0 Å². The first kappa shape index (κ1) is 12.1. The Balaban J connectivity index is 1.92. The summed E-state index contributed by atoms with van der Waals surface area (Å²) in [5, 5.41) is 12.7. The van der Waals surface area contributed by atoms with Gasteiger partial charge in [0.15, 0.2) is 0 Å². The van der Waals surface area contributed by atoms with Crippen LogP contribution in [0.5, 0.6) is 0 Å². The summed E-state index contributed by atoms with van der Waals surface area (Å²) in [5.41, 5.74) is 0.285. The molecule has 0 saturated heterocycles. The van der Waals surface area contributed by atoms with E-state index in [1.54, 1.807) is 41.9 Å². The van der Waals surface area contributed by atoms with Gasteiger partial charge in [-0.2, -0.15) is 0 Å². The van der Waals surface area contributed by atoms with Gasteiger partial charge in [0.25, 0.3) is 0 Å². The van der Waals surface area contributed by atoms with Gasteiger partial charge in [0.05, 0.1) is 5.56 Å². The number of nitrogens with zero attached hydrogens (tertiary/aromatic N) is 2. The van der Waals surface area contributed by atoms with E-state index in [1.165, 1.54) is 11.8 Å². The molecule has 0 aliphatic carbocycles. The molecule has 19 heavy (non-hydrogen) atoms. The van der Waals surface area contributed by atoms with E-state index in [1.807, 2.05) is 11.4 Å². The molecule has 0 spiro atoms. The highest BCUT2D eigenvalue weighted by molar-refractivity contribution is 7.99. The minimum atomic E-state index is -0.918. The molecule has 0 radical (unpaired) electrons. The monoisotopic (exact) mass is 288 g/mol. The second-order valence-electron chi connectivity index (χ2n) is 3.75. The predicted molar refractivity (Wildman–Crippen MR) is 74.9 cm³/mol. The van der Waals surface area contributed by atoms with E-state index in [9.17, 15) is 4.79 Å². The van der Waals surface area contributed by atoms with Crippen LogP contribution in [0.2, 0.25) is 0 Å². The smallest absolute Gasteiger partial charge is 0.335 e. The van der Waals surface area contributed by atoms with Gasteiger partial charge in [-0.15, -0.1) is 11.3 Å². The second kappa shape index (κ2) is 4.99. The van der Waals surface area contributed by atoms with Crippen LogP contribution in [0, 0.1) is 0 Å². The van der Waals surface area contributed by atoms with Crippen molar-refractivity contribution >= 4 is 39.3 Å². The lowest BCUT2D eigenvalue weighted by atomic mass is 10.2. The summed E-state index contributed by atoms with van der Waals surface area (Å²) in [6.45, 7) is 0. The minimum absolute atomic E-state index is 0.285. The fourth-order valence-electron chi connectivity index (χ4n) is 1.63. The van der Waals surface area contributed by atoms with E-state index in [0.717, 1.165) is 20.1 Å². The molecule has 4 nitrogen and oxygen atoms in total. The highest BCUT2D eigenvalue weighted by Crippen LogP contribution is 2.32. The maximum Gasteiger partial charge on any atom is 0.335 e. The molecule has 6 heteroatoms. The van der Waals surface area contributed by atoms with Crippen LogP contribution in [-0.2, 0) is 0 Å². The Morgan fingerprint density at radius 2 is 1.95 bits per heavy atom. The van der Waals surface area contributed by atoms with E-state index in [4.69, 9.17) is 5.11 Å². The van der Waals surface area contributed by atoms with E-state index in [0.29, 0.717) is 0 Å². The molecule has 2 aromatic heterocycles.